The van der Waals surface area contributed by atoms with E-state index in [1.165, 1.54) is 6.42 Å². The molecule has 2 rings (SSSR count). The van der Waals surface area contributed by atoms with Crippen molar-refractivity contribution < 1.29 is 19.4 Å². The highest BCUT2D eigenvalue weighted by molar-refractivity contribution is 5.71. The molecule has 1 saturated heterocycles. The lowest BCUT2D eigenvalue weighted by Crippen LogP contribution is -2.48. The van der Waals surface area contributed by atoms with Crippen LogP contribution in [0, 0.1) is 0 Å². The van der Waals surface area contributed by atoms with Crippen molar-refractivity contribution in [2.45, 2.75) is 56.8 Å². The molecule has 1 aliphatic heterocycles. The van der Waals surface area contributed by atoms with Gasteiger partial charge in [0.1, 0.15) is 0 Å². The summed E-state index contributed by atoms with van der Waals surface area (Å²) in [5, 5.41) is 8.76. The summed E-state index contributed by atoms with van der Waals surface area (Å²) in [6.07, 6.45) is 4.48. The van der Waals surface area contributed by atoms with Gasteiger partial charge in [-0.1, -0.05) is 0 Å². The van der Waals surface area contributed by atoms with E-state index in [4.69, 9.17) is 14.6 Å². The molecular weight excluding hydrogens is 196 g/mol. The summed E-state index contributed by atoms with van der Waals surface area (Å²) in [5.41, 5.74) is 0.0289. The minimum absolute atomic E-state index is 0.0289. The molecule has 0 radical (unpaired) electrons. The van der Waals surface area contributed by atoms with Gasteiger partial charge in [0.05, 0.1) is 11.7 Å². The number of hydrogen-bond donors (Lipinski definition) is 1. The molecule has 2 aliphatic rings. The zero-order chi connectivity index (χ0) is 10.9. The third-order valence-corrected chi connectivity index (χ3v) is 3.46. The summed E-state index contributed by atoms with van der Waals surface area (Å²) < 4.78 is 11.3. The van der Waals surface area contributed by atoms with E-state index >= 15 is 0 Å². The predicted octanol–water partition coefficient (Wildman–Crippen LogP) is 1.58. The van der Waals surface area contributed by atoms with Crippen LogP contribution in [0.1, 0.15) is 39.0 Å². The van der Waals surface area contributed by atoms with Crippen molar-refractivity contribution in [2.24, 2.45) is 0 Å². The van der Waals surface area contributed by atoms with Crippen LogP contribution in [-0.4, -0.2) is 35.5 Å². The van der Waals surface area contributed by atoms with Crippen LogP contribution in [0.4, 0.5) is 0 Å². The van der Waals surface area contributed by atoms with Crippen molar-refractivity contribution in [3.05, 3.63) is 0 Å². The van der Waals surface area contributed by atoms with Crippen LogP contribution in [0.15, 0.2) is 0 Å². The number of hydrogen-bond acceptors (Lipinski definition) is 3. The molecule has 86 valence electrons. The average Bonchev–Trinajstić information content (AvgIpc) is 2.15. The third-order valence-electron chi connectivity index (χ3n) is 3.46. The molecule has 1 saturated carbocycles. The van der Waals surface area contributed by atoms with E-state index in [-0.39, 0.29) is 11.7 Å². The largest absolute Gasteiger partial charge is 0.479 e. The van der Waals surface area contributed by atoms with Gasteiger partial charge in [-0.15, -0.1) is 0 Å². The minimum Gasteiger partial charge on any atom is -0.479 e. The van der Waals surface area contributed by atoms with Crippen molar-refractivity contribution >= 4 is 5.97 Å². The van der Waals surface area contributed by atoms with Gasteiger partial charge in [-0.05, 0) is 32.6 Å². The number of carbonyl (C=O) groups is 1. The van der Waals surface area contributed by atoms with Crippen molar-refractivity contribution in [3.8, 4) is 0 Å². The van der Waals surface area contributed by atoms with E-state index in [0.717, 1.165) is 25.7 Å². The lowest BCUT2D eigenvalue weighted by atomic mass is 9.74. The van der Waals surface area contributed by atoms with Crippen LogP contribution in [0.3, 0.4) is 0 Å². The summed E-state index contributed by atoms with van der Waals surface area (Å²) in [4.78, 5) is 10.7. The van der Waals surface area contributed by atoms with Crippen LogP contribution in [-0.2, 0) is 14.3 Å². The number of ether oxygens (including phenoxy) is 2. The molecule has 1 aliphatic carbocycles. The van der Waals surface area contributed by atoms with Gasteiger partial charge in [0.2, 0.25) is 0 Å². The van der Waals surface area contributed by atoms with Gasteiger partial charge in [-0.2, -0.15) is 0 Å². The zero-order valence-electron chi connectivity index (χ0n) is 9.07. The maximum absolute atomic E-state index is 10.7. The molecule has 0 aromatic rings. The lowest BCUT2D eigenvalue weighted by molar-refractivity contribution is -0.186. The van der Waals surface area contributed by atoms with Crippen LogP contribution in [0.25, 0.3) is 0 Å². The van der Waals surface area contributed by atoms with Crippen molar-refractivity contribution in [1.82, 2.24) is 0 Å². The number of aliphatic carboxylic acids is 1. The topological polar surface area (TPSA) is 55.8 Å². The highest BCUT2D eigenvalue weighted by atomic mass is 16.5. The van der Waals surface area contributed by atoms with E-state index in [2.05, 4.69) is 0 Å². The second-order valence-corrected chi connectivity index (χ2v) is 4.62. The molecule has 1 N–H and O–H groups in total. The van der Waals surface area contributed by atoms with Crippen LogP contribution in [0.5, 0.6) is 0 Å². The van der Waals surface area contributed by atoms with E-state index in [9.17, 15) is 4.79 Å². The number of carboxylic acids is 1. The predicted molar refractivity (Wildman–Crippen MR) is 53.7 cm³/mol. The van der Waals surface area contributed by atoms with E-state index in [1.54, 1.807) is 6.92 Å². The Balaban J connectivity index is 1.85. The van der Waals surface area contributed by atoms with Crippen LogP contribution in [0.2, 0.25) is 0 Å². The molecule has 1 spiro atoms. The Kier molecular flexibility index (Phi) is 2.98. The highest BCUT2D eigenvalue weighted by Crippen LogP contribution is 2.43. The van der Waals surface area contributed by atoms with Crippen molar-refractivity contribution in [1.29, 1.82) is 0 Å². The standard InChI is InChI=1S/C11H18O4/c1-8(10(12)13)15-9-3-6-14-11(7-9)4-2-5-11/h8-9H,2-7H2,1H3,(H,12,13). The molecule has 0 aromatic heterocycles. The Morgan fingerprint density at radius 2 is 2.33 bits per heavy atom. The SMILES string of the molecule is CC(OC1CCOC2(CCC2)C1)C(=O)O. The molecule has 2 atom stereocenters. The fraction of sp³-hybridized carbons (Fsp3) is 0.909. The highest BCUT2D eigenvalue weighted by Gasteiger charge is 2.43. The van der Waals surface area contributed by atoms with Gasteiger partial charge in [-0.25, -0.2) is 4.79 Å². The maximum Gasteiger partial charge on any atom is 0.332 e. The summed E-state index contributed by atoms with van der Waals surface area (Å²) in [5.74, 6) is -0.885. The first-order valence-electron chi connectivity index (χ1n) is 5.64. The van der Waals surface area contributed by atoms with E-state index in [0.29, 0.717) is 6.61 Å². The van der Waals surface area contributed by atoms with Crippen molar-refractivity contribution in [2.75, 3.05) is 6.61 Å². The van der Waals surface area contributed by atoms with Crippen molar-refractivity contribution in [3.63, 3.8) is 0 Å². The first-order valence-corrected chi connectivity index (χ1v) is 5.64. The van der Waals surface area contributed by atoms with Gasteiger partial charge in [-0.3, -0.25) is 0 Å². The Morgan fingerprint density at radius 1 is 1.60 bits per heavy atom. The van der Waals surface area contributed by atoms with Crippen LogP contribution < -0.4 is 0 Å². The first-order chi connectivity index (χ1) is 7.11. The maximum atomic E-state index is 10.7. The number of rotatable bonds is 3. The third kappa shape index (κ3) is 2.32. The quantitative estimate of drug-likeness (QED) is 0.775. The molecule has 15 heavy (non-hydrogen) atoms. The molecule has 2 fully saturated rings. The second kappa shape index (κ2) is 4.10. The van der Waals surface area contributed by atoms with Gasteiger partial charge >= 0.3 is 5.97 Å². The molecule has 4 heteroatoms. The molecule has 4 nitrogen and oxygen atoms in total. The van der Waals surface area contributed by atoms with Gasteiger partial charge < -0.3 is 14.6 Å². The summed E-state index contributed by atoms with van der Waals surface area (Å²) in [7, 11) is 0. The molecule has 0 aromatic carbocycles. The normalized spacial score (nSPS) is 30.9. The van der Waals surface area contributed by atoms with Gasteiger partial charge in [0.25, 0.3) is 0 Å². The van der Waals surface area contributed by atoms with E-state index < -0.39 is 12.1 Å². The zero-order valence-corrected chi connectivity index (χ0v) is 9.07. The summed E-state index contributed by atoms with van der Waals surface area (Å²) in [6, 6.07) is 0. The Morgan fingerprint density at radius 3 is 2.87 bits per heavy atom. The Bertz CT molecular complexity index is 247. The number of carboxylic acid groups (broad SMARTS) is 1. The first kappa shape index (κ1) is 10.9. The van der Waals surface area contributed by atoms with Crippen LogP contribution >= 0.6 is 0 Å². The van der Waals surface area contributed by atoms with Gasteiger partial charge in [0, 0.05) is 13.0 Å². The monoisotopic (exact) mass is 214 g/mol. The Labute approximate surface area is 89.6 Å². The fourth-order valence-corrected chi connectivity index (χ4v) is 2.37. The average molecular weight is 214 g/mol. The second-order valence-electron chi connectivity index (χ2n) is 4.62. The summed E-state index contributed by atoms with van der Waals surface area (Å²) >= 11 is 0. The lowest BCUT2D eigenvalue weighted by Gasteiger charge is -2.47. The Hall–Kier alpha value is -0.610. The molecule has 0 bridgehead atoms. The minimum atomic E-state index is -0.885. The molecule has 2 unspecified atom stereocenters. The smallest absolute Gasteiger partial charge is 0.332 e. The summed E-state index contributed by atoms with van der Waals surface area (Å²) in [6.45, 7) is 2.29. The van der Waals surface area contributed by atoms with Gasteiger partial charge in [0.15, 0.2) is 6.10 Å². The molecular formula is C11H18O4. The fourth-order valence-electron chi connectivity index (χ4n) is 2.37. The molecule has 0 amide bonds. The molecule has 1 heterocycles. The van der Waals surface area contributed by atoms with E-state index in [1.807, 2.05) is 0 Å².